The fourth-order valence-corrected chi connectivity index (χ4v) is 1.31. The maximum Gasteiger partial charge on any atom is 0.144 e. The SMILES string of the molecule is CC(COCC1CCOC1)/C(N)=N/O. The van der Waals surface area contributed by atoms with Crippen LogP contribution in [-0.2, 0) is 9.47 Å². The van der Waals surface area contributed by atoms with Crippen molar-refractivity contribution in [3.05, 3.63) is 0 Å². The second kappa shape index (κ2) is 5.82. The van der Waals surface area contributed by atoms with Crippen LogP contribution in [0, 0.1) is 11.8 Å². The maximum atomic E-state index is 8.40. The molecule has 1 aliphatic rings. The van der Waals surface area contributed by atoms with Gasteiger partial charge in [0.25, 0.3) is 0 Å². The summed E-state index contributed by atoms with van der Waals surface area (Å²) >= 11 is 0. The van der Waals surface area contributed by atoms with Gasteiger partial charge >= 0.3 is 0 Å². The van der Waals surface area contributed by atoms with Gasteiger partial charge in [0, 0.05) is 18.4 Å². The van der Waals surface area contributed by atoms with E-state index in [2.05, 4.69) is 5.16 Å². The molecule has 5 heteroatoms. The van der Waals surface area contributed by atoms with E-state index in [1.165, 1.54) is 0 Å². The molecule has 2 unspecified atom stereocenters. The predicted molar refractivity (Wildman–Crippen MR) is 52.3 cm³/mol. The highest BCUT2D eigenvalue weighted by Gasteiger charge is 2.16. The zero-order valence-electron chi connectivity index (χ0n) is 8.48. The zero-order chi connectivity index (χ0) is 10.4. The molecule has 2 atom stereocenters. The van der Waals surface area contributed by atoms with Crippen molar-refractivity contribution in [3.63, 3.8) is 0 Å². The molecule has 0 radical (unpaired) electrons. The number of nitrogens with zero attached hydrogens (tertiary/aromatic N) is 1. The lowest BCUT2D eigenvalue weighted by molar-refractivity contribution is 0.0800. The van der Waals surface area contributed by atoms with Gasteiger partial charge in [-0.25, -0.2) is 0 Å². The van der Waals surface area contributed by atoms with E-state index in [4.69, 9.17) is 20.4 Å². The summed E-state index contributed by atoms with van der Waals surface area (Å²) in [6.45, 7) is 4.68. The van der Waals surface area contributed by atoms with Gasteiger partial charge in [-0.1, -0.05) is 12.1 Å². The minimum atomic E-state index is -0.0395. The van der Waals surface area contributed by atoms with E-state index in [9.17, 15) is 0 Å². The van der Waals surface area contributed by atoms with Gasteiger partial charge in [0.15, 0.2) is 0 Å². The molecule has 1 saturated heterocycles. The summed E-state index contributed by atoms with van der Waals surface area (Å²) in [4.78, 5) is 0. The molecule has 1 rings (SSSR count). The Morgan fingerprint density at radius 3 is 3.14 bits per heavy atom. The van der Waals surface area contributed by atoms with Crippen LogP contribution in [0.25, 0.3) is 0 Å². The van der Waals surface area contributed by atoms with Crippen LogP contribution in [0.1, 0.15) is 13.3 Å². The number of ether oxygens (including phenoxy) is 2. The topological polar surface area (TPSA) is 77.1 Å². The Bertz CT molecular complexity index is 190. The summed E-state index contributed by atoms with van der Waals surface area (Å²) < 4.78 is 10.7. The lowest BCUT2D eigenvalue weighted by Gasteiger charge is -2.12. The van der Waals surface area contributed by atoms with Crippen molar-refractivity contribution >= 4 is 5.84 Å². The molecule has 0 amide bonds. The van der Waals surface area contributed by atoms with E-state index in [-0.39, 0.29) is 11.8 Å². The molecule has 0 aromatic carbocycles. The van der Waals surface area contributed by atoms with E-state index in [1.807, 2.05) is 6.92 Å². The zero-order valence-corrected chi connectivity index (χ0v) is 8.48. The van der Waals surface area contributed by atoms with Gasteiger partial charge in [-0.3, -0.25) is 0 Å². The van der Waals surface area contributed by atoms with Crippen LogP contribution in [0.3, 0.4) is 0 Å². The number of amidine groups is 1. The summed E-state index contributed by atoms with van der Waals surface area (Å²) in [7, 11) is 0. The highest BCUT2D eigenvalue weighted by molar-refractivity contribution is 5.81. The third-order valence-electron chi connectivity index (χ3n) is 2.37. The molecular weight excluding hydrogens is 184 g/mol. The summed E-state index contributed by atoms with van der Waals surface area (Å²) in [6, 6.07) is 0. The first-order valence-electron chi connectivity index (χ1n) is 4.87. The third-order valence-corrected chi connectivity index (χ3v) is 2.37. The molecule has 1 fully saturated rings. The Kier molecular flexibility index (Phi) is 4.69. The van der Waals surface area contributed by atoms with Crippen molar-refractivity contribution in [2.45, 2.75) is 13.3 Å². The lowest BCUT2D eigenvalue weighted by atomic mass is 10.1. The van der Waals surface area contributed by atoms with Gasteiger partial charge in [0.2, 0.25) is 0 Å². The molecule has 82 valence electrons. The Labute approximate surface area is 83.9 Å². The number of nitrogens with two attached hydrogens (primary N) is 1. The van der Waals surface area contributed by atoms with Gasteiger partial charge < -0.3 is 20.4 Å². The van der Waals surface area contributed by atoms with Crippen LogP contribution in [0.5, 0.6) is 0 Å². The first-order valence-corrected chi connectivity index (χ1v) is 4.87. The standard InChI is InChI=1S/C9H18N2O3/c1-7(9(10)11-12)4-14-6-8-2-3-13-5-8/h7-8,12H,2-6H2,1H3,(H2,10,11). The molecule has 0 aromatic heterocycles. The van der Waals surface area contributed by atoms with Gasteiger partial charge in [-0.05, 0) is 6.42 Å². The van der Waals surface area contributed by atoms with Crippen LogP contribution in [-0.4, -0.2) is 37.5 Å². The molecule has 5 nitrogen and oxygen atoms in total. The molecular formula is C9H18N2O3. The molecule has 0 spiro atoms. The van der Waals surface area contributed by atoms with Gasteiger partial charge in [-0.15, -0.1) is 0 Å². The molecule has 0 bridgehead atoms. The first kappa shape index (κ1) is 11.3. The number of rotatable bonds is 5. The highest BCUT2D eigenvalue weighted by atomic mass is 16.5. The molecule has 1 aliphatic heterocycles. The minimum absolute atomic E-state index is 0.0395. The van der Waals surface area contributed by atoms with Gasteiger partial charge in [0.1, 0.15) is 5.84 Å². The van der Waals surface area contributed by atoms with Crippen LogP contribution in [0.15, 0.2) is 5.16 Å². The third kappa shape index (κ3) is 3.51. The van der Waals surface area contributed by atoms with Crippen molar-refractivity contribution in [2.24, 2.45) is 22.7 Å². The van der Waals surface area contributed by atoms with Crippen molar-refractivity contribution < 1.29 is 14.7 Å². The minimum Gasteiger partial charge on any atom is -0.409 e. The number of oxime groups is 1. The first-order chi connectivity index (χ1) is 6.74. The number of hydrogen-bond donors (Lipinski definition) is 2. The van der Waals surface area contributed by atoms with Crippen molar-refractivity contribution in [3.8, 4) is 0 Å². The monoisotopic (exact) mass is 202 g/mol. The largest absolute Gasteiger partial charge is 0.409 e. The smallest absolute Gasteiger partial charge is 0.144 e. The van der Waals surface area contributed by atoms with E-state index in [0.717, 1.165) is 19.6 Å². The van der Waals surface area contributed by atoms with Crippen LogP contribution >= 0.6 is 0 Å². The molecule has 3 N–H and O–H groups in total. The van der Waals surface area contributed by atoms with Crippen LogP contribution in [0.4, 0.5) is 0 Å². The number of hydrogen-bond acceptors (Lipinski definition) is 4. The van der Waals surface area contributed by atoms with E-state index in [0.29, 0.717) is 19.1 Å². The Morgan fingerprint density at radius 2 is 2.57 bits per heavy atom. The molecule has 0 aliphatic carbocycles. The summed E-state index contributed by atoms with van der Waals surface area (Å²) in [5.74, 6) is 0.685. The second-order valence-corrected chi connectivity index (χ2v) is 3.69. The van der Waals surface area contributed by atoms with Crippen LogP contribution in [0.2, 0.25) is 0 Å². The Balaban J connectivity index is 2.08. The summed E-state index contributed by atoms with van der Waals surface area (Å²) in [5.41, 5.74) is 5.41. The average molecular weight is 202 g/mol. The normalized spacial score (nSPS) is 25.2. The maximum absolute atomic E-state index is 8.40. The van der Waals surface area contributed by atoms with Gasteiger partial charge in [0.05, 0.1) is 19.8 Å². The van der Waals surface area contributed by atoms with Gasteiger partial charge in [-0.2, -0.15) is 0 Å². The molecule has 1 heterocycles. The fourth-order valence-electron chi connectivity index (χ4n) is 1.31. The van der Waals surface area contributed by atoms with E-state index < -0.39 is 0 Å². The summed E-state index contributed by atoms with van der Waals surface area (Å²) in [5, 5.41) is 11.3. The molecule has 0 saturated carbocycles. The van der Waals surface area contributed by atoms with Crippen molar-refractivity contribution in [2.75, 3.05) is 26.4 Å². The predicted octanol–water partition coefficient (Wildman–Crippen LogP) is 0.422. The highest BCUT2D eigenvalue weighted by Crippen LogP contribution is 2.12. The summed E-state index contributed by atoms with van der Waals surface area (Å²) in [6.07, 6.45) is 1.07. The lowest BCUT2D eigenvalue weighted by Crippen LogP contribution is -2.26. The van der Waals surface area contributed by atoms with E-state index >= 15 is 0 Å². The molecule has 14 heavy (non-hydrogen) atoms. The Morgan fingerprint density at radius 1 is 1.79 bits per heavy atom. The Hall–Kier alpha value is -0.810. The average Bonchev–Trinajstić information content (AvgIpc) is 2.69. The molecule has 0 aromatic rings. The van der Waals surface area contributed by atoms with E-state index in [1.54, 1.807) is 0 Å². The fraction of sp³-hybridized carbons (Fsp3) is 0.889. The second-order valence-electron chi connectivity index (χ2n) is 3.69. The van der Waals surface area contributed by atoms with Crippen LogP contribution < -0.4 is 5.73 Å². The quantitative estimate of drug-likeness (QED) is 0.293. The van der Waals surface area contributed by atoms with Crippen molar-refractivity contribution in [1.82, 2.24) is 0 Å². The van der Waals surface area contributed by atoms with Crippen molar-refractivity contribution in [1.29, 1.82) is 0 Å².